The fraction of sp³-hybridized carbons (Fsp3) is 0.200. The van der Waals surface area contributed by atoms with E-state index >= 15 is 0 Å². The van der Waals surface area contributed by atoms with Gasteiger partial charge in [-0.25, -0.2) is 0 Å². The molecule has 0 aliphatic heterocycles. The van der Waals surface area contributed by atoms with Crippen LogP contribution in [0.4, 0.5) is 0 Å². The van der Waals surface area contributed by atoms with Crippen molar-refractivity contribution in [1.82, 2.24) is 0 Å². The van der Waals surface area contributed by atoms with Crippen molar-refractivity contribution < 1.29 is 9.84 Å². The number of halogens is 3. The maximum Gasteiger partial charge on any atom is 0.138 e. The SMILES string of the molecule is C[C@H](O)c1ccc(OCc2ccc(Br)cc2Cl)c(Cl)c1. The van der Waals surface area contributed by atoms with Crippen molar-refractivity contribution in [3.05, 3.63) is 62.0 Å². The standard InChI is InChI=1S/C15H13BrCl2O2/c1-9(19)10-3-5-15(14(18)6-10)20-8-11-2-4-12(16)7-13(11)17/h2-7,9,19H,8H2,1H3/t9-/m0/s1. The van der Waals surface area contributed by atoms with Crippen molar-refractivity contribution in [3.8, 4) is 5.75 Å². The summed E-state index contributed by atoms with van der Waals surface area (Å²) in [5.74, 6) is 0.565. The number of aliphatic hydroxyl groups excluding tert-OH is 1. The number of hydrogen-bond donors (Lipinski definition) is 1. The van der Waals surface area contributed by atoms with E-state index in [9.17, 15) is 5.11 Å². The molecule has 106 valence electrons. The molecule has 1 atom stereocenters. The molecule has 2 rings (SSSR count). The minimum Gasteiger partial charge on any atom is -0.487 e. The minimum absolute atomic E-state index is 0.333. The van der Waals surface area contributed by atoms with Crippen LogP contribution >= 0.6 is 39.1 Å². The zero-order valence-corrected chi connectivity index (χ0v) is 13.8. The van der Waals surface area contributed by atoms with Crippen LogP contribution in [0, 0.1) is 0 Å². The van der Waals surface area contributed by atoms with Crippen LogP contribution in [0.15, 0.2) is 40.9 Å². The topological polar surface area (TPSA) is 29.5 Å². The minimum atomic E-state index is -0.553. The Labute approximate surface area is 136 Å². The van der Waals surface area contributed by atoms with E-state index in [2.05, 4.69) is 15.9 Å². The predicted octanol–water partition coefficient (Wildman–Crippen LogP) is 5.39. The van der Waals surface area contributed by atoms with E-state index < -0.39 is 6.10 Å². The number of ether oxygens (including phenoxy) is 1. The monoisotopic (exact) mass is 374 g/mol. The van der Waals surface area contributed by atoms with E-state index in [1.54, 1.807) is 25.1 Å². The summed E-state index contributed by atoms with van der Waals surface area (Å²) in [5.41, 5.74) is 1.63. The first-order valence-electron chi connectivity index (χ1n) is 6.01. The van der Waals surface area contributed by atoms with Gasteiger partial charge in [-0.1, -0.05) is 51.3 Å². The van der Waals surface area contributed by atoms with Gasteiger partial charge in [0.05, 0.1) is 11.1 Å². The molecule has 0 saturated heterocycles. The summed E-state index contributed by atoms with van der Waals surface area (Å²) in [6, 6.07) is 10.8. The molecule has 0 aliphatic carbocycles. The molecule has 0 radical (unpaired) electrons. The largest absolute Gasteiger partial charge is 0.487 e. The second-order valence-corrected chi connectivity index (χ2v) is 6.12. The van der Waals surface area contributed by atoms with Gasteiger partial charge in [-0.2, -0.15) is 0 Å². The third-order valence-electron chi connectivity index (χ3n) is 2.84. The number of benzene rings is 2. The molecule has 0 amide bonds. The number of aliphatic hydroxyl groups is 1. The predicted molar refractivity (Wildman–Crippen MR) is 85.6 cm³/mol. The van der Waals surface area contributed by atoms with Gasteiger partial charge in [-0.05, 0) is 36.8 Å². The zero-order chi connectivity index (χ0) is 14.7. The van der Waals surface area contributed by atoms with E-state index in [0.717, 1.165) is 15.6 Å². The quantitative estimate of drug-likeness (QED) is 0.776. The van der Waals surface area contributed by atoms with Crippen molar-refractivity contribution in [2.75, 3.05) is 0 Å². The van der Waals surface area contributed by atoms with Gasteiger partial charge < -0.3 is 9.84 Å². The van der Waals surface area contributed by atoms with Crippen molar-refractivity contribution in [1.29, 1.82) is 0 Å². The zero-order valence-electron chi connectivity index (χ0n) is 10.7. The summed E-state index contributed by atoms with van der Waals surface area (Å²) >= 11 is 15.6. The van der Waals surface area contributed by atoms with Gasteiger partial charge in [0.2, 0.25) is 0 Å². The Bertz CT molecular complexity index is 615. The fourth-order valence-electron chi connectivity index (χ4n) is 1.69. The average Bonchev–Trinajstić information content (AvgIpc) is 2.38. The van der Waals surface area contributed by atoms with Crippen LogP contribution in [0.1, 0.15) is 24.2 Å². The lowest BCUT2D eigenvalue weighted by Crippen LogP contribution is -1.98. The Morgan fingerprint density at radius 3 is 2.50 bits per heavy atom. The average molecular weight is 376 g/mol. The molecule has 20 heavy (non-hydrogen) atoms. The molecule has 0 aliphatic rings. The molecule has 0 bridgehead atoms. The van der Waals surface area contributed by atoms with Crippen molar-refractivity contribution in [2.24, 2.45) is 0 Å². The summed E-state index contributed by atoms with van der Waals surface area (Å²) in [6.07, 6.45) is -0.553. The molecule has 2 aromatic carbocycles. The van der Waals surface area contributed by atoms with Gasteiger partial charge in [-0.3, -0.25) is 0 Å². The van der Waals surface area contributed by atoms with Crippen LogP contribution in [0.5, 0.6) is 5.75 Å². The maximum atomic E-state index is 9.49. The van der Waals surface area contributed by atoms with Crippen LogP contribution in [0.3, 0.4) is 0 Å². The molecule has 0 unspecified atom stereocenters. The van der Waals surface area contributed by atoms with E-state index in [4.69, 9.17) is 27.9 Å². The molecule has 2 nitrogen and oxygen atoms in total. The van der Waals surface area contributed by atoms with Gasteiger partial charge in [0.25, 0.3) is 0 Å². The van der Waals surface area contributed by atoms with Gasteiger partial charge in [0, 0.05) is 15.1 Å². The van der Waals surface area contributed by atoms with E-state index in [0.29, 0.717) is 22.4 Å². The summed E-state index contributed by atoms with van der Waals surface area (Å²) in [7, 11) is 0. The highest BCUT2D eigenvalue weighted by atomic mass is 79.9. The van der Waals surface area contributed by atoms with Crippen LogP contribution in [0.2, 0.25) is 10.0 Å². The van der Waals surface area contributed by atoms with Crippen molar-refractivity contribution in [3.63, 3.8) is 0 Å². The molecular formula is C15H13BrCl2O2. The highest BCUT2D eigenvalue weighted by Crippen LogP contribution is 2.29. The Balaban J connectivity index is 2.11. The molecule has 0 fully saturated rings. The summed E-state index contributed by atoms with van der Waals surface area (Å²) < 4.78 is 6.59. The molecule has 0 aromatic heterocycles. The lowest BCUT2D eigenvalue weighted by molar-refractivity contribution is 0.199. The van der Waals surface area contributed by atoms with Crippen LogP contribution in [0.25, 0.3) is 0 Å². The molecule has 0 heterocycles. The molecule has 0 saturated carbocycles. The van der Waals surface area contributed by atoms with E-state index in [1.165, 1.54) is 0 Å². The Hall–Kier alpha value is -0.740. The smallest absolute Gasteiger partial charge is 0.138 e. The first-order valence-corrected chi connectivity index (χ1v) is 7.56. The van der Waals surface area contributed by atoms with Gasteiger partial charge in [0.15, 0.2) is 0 Å². The molecule has 1 N–H and O–H groups in total. The highest BCUT2D eigenvalue weighted by molar-refractivity contribution is 9.10. The molecule has 2 aromatic rings. The van der Waals surface area contributed by atoms with E-state index in [1.807, 2.05) is 18.2 Å². The van der Waals surface area contributed by atoms with E-state index in [-0.39, 0.29) is 0 Å². The summed E-state index contributed by atoms with van der Waals surface area (Å²) in [6.45, 7) is 2.02. The molecule has 0 spiro atoms. The third-order valence-corrected chi connectivity index (χ3v) is 3.98. The maximum absolute atomic E-state index is 9.49. The number of hydrogen-bond acceptors (Lipinski definition) is 2. The lowest BCUT2D eigenvalue weighted by Gasteiger charge is -2.11. The Morgan fingerprint density at radius 1 is 1.15 bits per heavy atom. The molecular weight excluding hydrogens is 363 g/mol. The Morgan fingerprint density at radius 2 is 1.90 bits per heavy atom. The van der Waals surface area contributed by atoms with Crippen molar-refractivity contribution in [2.45, 2.75) is 19.6 Å². The second kappa shape index (κ2) is 6.81. The highest BCUT2D eigenvalue weighted by Gasteiger charge is 2.08. The lowest BCUT2D eigenvalue weighted by atomic mass is 10.1. The summed E-state index contributed by atoms with van der Waals surface area (Å²) in [5, 5.41) is 10.6. The van der Waals surface area contributed by atoms with Gasteiger partial charge >= 0.3 is 0 Å². The van der Waals surface area contributed by atoms with Gasteiger partial charge in [-0.15, -0.1) is 0 Å². The van der Waals surface area contributed by atoms with Gasteiger partial charge in [0.1, 0.15) is 12.4 Å². The second-order valence-electron chi connectivity index (χ2n) is 4.39. The molecule has 5 heteroatoms. The third kappa shape index (κ3) is 3.89. The normalized spacial score (nSPS) is 12.2. The van der Waals surface area contributed by atoms with Crippen molar-refractivity contribution >= 4 is 39.1 Å². The van der Waals surface area contributed by atoms with Crippen LogP contribution in [-0.4, -0.2) is 5.11 Å². The number of rotatable bonds is 4. The van der Waals surface area contributed by atoms with Crippen LogP contribution in [-0.2, 0) is 6.61 Å². The fourth-order valence-corrected chi connectivity index (χ4v) is 2.66. The first-order chi connectivity index (χ1) is 9.47. The first kappa shape index (κ1) is 15.6. The van der Waals surface area contributed by atoms with Crippen LogP contribution < -0.4 is 4.74 Å². The summed E-state index contributed by atoms with van der Waals surface area (Å²) in [4.78, 5) is 0. The Kier molecular flexibility index (Phi) is 5.33.